The van der Waals surface area contributed by atoms with Crippen LogP contribution in [0.2, 0.25) is 0 Å². The van der Waals surface area contributed by atoms with Crippen molar-refractivity contribution >= 4 is 55.7 Å². The number of hydrogen-bond acceptors (Lipinski definition) is 8. The summed E-state index contributed by atoms with van der Waals surface area (Å²) < 4.78 is 123. The first-order chi connectivity index (χ1) is 27.1. The highest BCUT2D eigenvalue weighted by Gasteiger charge is 2.20. The first-order valence-electron chi connectivity index (χ1n) is 16.6. The van der Waals surface area contributed by atoms with Gasteiger partial charge in [0.15, 0.2) is 56.5 Å². The number of sulfonamides is 1. The molecule has 0 saturated carbocycles. The largest absolute Gasteiger partial charge is 0.451 e. The fourth-order valence-corrected chi connectivity index (χ4v) is 7.25. The molecule has 306 valence electrons. The van der Waals surface area contributed by atoms with Gasteiger partial charge in [0, 0.05) is 17.7 Å². The molecule has 15 nitrogen and oxygen atoms in total. The lowest BCUT2D eigenvalue weighted by molar-refractivity contribution is -0.115. The van der Waals surface area contributed by atoms with Gasteiger partial charge in [-0.25, -0.2) is 39.1 Å². The molecule has 4 aromatic carbocycles. The van der Waals surface area contributed by atoms with Gasteiger partial charge >= 0.3 is 0 Å². The van der Waals surface area contributed by atoms with Gasteiger partial charge in [-0.15, -0.1) is 0 Å². The van der Waals surface area contributed by atoms with Crippen LogP contribution in [0.3, 0.4) is 0 Å². The first kappa shape index (κ1) is 44.1. The molecular weight excluding hydrogens is 811 g/mol. The van der Waals surface area contributed by atoms with Gasteiger partial charge in [0.25, 0.3) is 11.8 Å². The van der Waals surface area contributed by atoms with Crippen molar-refractivity contribution in [2.24, 2.45) is 32.9 Å². The lowest BCUT2D eigenvalue weighted by Gasteiger charge is -2.11. The minimum Gasteiger partial charge on any atom is -0.451 e. The van der Waals surface area contributed by atoms with Crippen molar-refractivity contribution in [3.05, 3.63) is 118 Å². The highest BCUT2D eigenvalue weighted by molar-refractivity contribution is 7.91. The molecule has 0 fully saturated rings. The highest BCUT2D eigenvalue weighted by atomic mass is 32.2. The Bertz CT molecular complexity index is 2350. The van der Waals surface area contributed by atoms with Gasteiger partial charge in [-0.05, 0) is 116 Å². The van der Waals surface area contributed by atoms with Crippen molar-refractivity contribution in [3.63, 3.8) is 0 Å². The smallest absolute Gasteiger partial charge is 0.275 e. The number of rotatable bonds is 15. The van der Waals surface area contributed by atoms with E-state index in [-0.39, 0.29) is 56.5 Å². The van der Waals surface area contributed by atoms with Gasteiger partial charge in [-0.2, -0.15) is 9.98 Å². The third-order valence-corrected chi connectivity index (χ3v) is 10.9. The maximum absolute atomic E-state index is 14.8. The van der Waals surface area contributed by atoms with Crippen LogP contribution in [0, 0.1) is 23.3 Å². The Morgan fingerprint density at radius 3 is 1.36 bits per heavy atom. The van der Waals surface area contributed by atoms with E-state index in [4.69, 9.17) is 32.4 Å². The molecule has 0 unspecified atom stereocenters. The summed E-state index contributed by atoms with van der Waals surface area (Å²) in [6.07, 6.45) is 2.17. The number of nitrogens with one attached hydrogen (secondary N) is 1. The van der Waals surface area contributed by atoms with E-state index in [1.165, 1.54) is 26.0 Å². The Morgan fingerprint density at radius 1 is 0.638 bits per heavy atom. The van der Waals surface area contributed by atoms with Crippen LogP contribution >= 0.6 is 0 Å². The molecule has 0 aliphatic carbocycles. The van der Waals surface area contributed by atoms with Crippen molar-refractivity contribution in [1.29, 1.82) is 0 Å². The zero-order valence-corrected chi connectivity index (χ0v) is 32.1. The van der Waals surface area contributed by atoms with Crippen molar-refractivity contribution in [2.75, 3.05) is 12.3 Å². The predicted octanol–water partition coefficient (Wildman–Crippen LogP) is 4.38. The molecule has 4 aromatic rings. The minimum absolute atomic E-state index is 0.00360. The van der Waals surface area contributed by atoms with Crippen LogP contribution in [0.5, 0.6) is 23.0 Å². The summed E-state index contributed by atoms with van der Waals surface area (Å²) in [6.45, 7) is 2.39. The Balaban J connectivity index is 1.32. The average Bonchev–Trinajstić information content (AvgIpc) is 3.13. The van der Waals surface area contributed by atoms with Crippen LogP contribution in [-0.2, 0) is 29.4 Å². The summed E-state index contributed by atoms with van der Waals surface area (Å²) in [5.74, 6) is -9.35. The Labute approximate surface area is 329 Å². The second-order valence-electron chi connectivity index (χ2n) is 12.2. The summed E-state index contributed by atoms with van der Waals surface area (Å²) >= 11 is 0. The maximum atomic E-state index is 14.8. The van der Waals surface area contributed by atoms with Gasteiger partial charge in [-0.3, -0.25) is 9.59 Å². The lowest BCUT2D eigenvalue weighted by atomic mass is 10.1. The third-order valence-electron chi connectivity index (χ3n) is 7.58. The molecule has 0 aliphatic rings. The van der Waals surface area contributed by atoms with Crippen molar-refractivity contribution < 1.29 is 53.5 Å². The second-order valence-corrected chi connectivity index (χ2v) is 16.1. The number of guanidine groups is 2. The van der Waals surface area contributed by atoms with Crippen molar-refractivity contribution in [1.82, 2.24) is 4.72 Å². The van der Waals surface area contributed by atoms with Crippen LogP contribution in [0.1, 0.15) is 31.4 Å². The van der Waals surface area contributed by atoms with Crippen LogP contribution in [0.25, 0.3) is 12.2 Å². The van der Waals surface area contributed by atoms with E-state index in [9.17, 15) is 44.0 Å². The van der Waals surface area contributed by atoms with Gasteiger partial charge < -0.3 is 32.4 Å². The first-order valence-corrected chi connectivity index (χ1v) is 19.7. The van der Waals surface area contributed by atoms with E-state index in [1.807, 2.05) is 0 Å². The molecule has 4 rings (SSSR count). The summed E-state index contributed by atoms with van der Waals surface area (Å²) in [5, 5.41) is 0. The van der Waals surface area contributed by atoms with E-state index in [2.05, 4.69) is 14.7 Å². The fraction of sp³-hybridized carbons (Fsp3) is 0.135. The lowest BCUT2D eigenvalue weighted by Crippen LogP contribution is -2.26. The van der Waals surface area contributed by atoms with E-state index in [1.54, 1.807) is 0 Å². The fourth-order valence-electron chi connectivity index (χ4n) is 4.86. The second kappa shape index (κ2) is 18.6. The van der Waals surface area contributed by atoms with E-state index >= 15 is 0 Å². The topological polar surface area (TPSA) is 262 Å². The van der Waals surface area contributed by atoms with Crippen molar-refractivity contribution in [3.8, 4) is 23.0 Å². The third kappa shape index (κ3) is 12.0. The number of hydrogen-bond donors (Lipinski definition) is 5. The van der Waals surface area contributed by atoms with Crippen LogP contribution in [0.4, 0.5) is 17.6 Å². The number of nitrogens with zero attached hydrogens (tertiary/aromatic N) is 2. The Hall–Kier alpha value is -6.58. The molecular formula is C37H35F4N7O8S2. The number of amides is 2. The molecule has 2 amide bonds. The van der Waals surface area contributed by atoms with Gasteiger partial charge in [0.1, 0.15) is 11.5 Å². The number of halogens is 4. The molecule has 21 heteroatoms. The molecule has 0 bridgehead atoms. The minimum atomic E-state index is -4.16. The molecule has 0 spiro atoms. The van der Waals surface area contributed by atoms with Crippen LogP contribution in [0.15, 0.2) is 104 Å². The maximum Gasteiger partial charge on any atom is 0.275 e. The SMILES string of the molecule is C/C(=C\c1cc(F)c(Oc2ccc(S(=O)(=O)CCCNS(=O)(=O)c3ccc(Oc4c(F)cc(/C=C(\C)C(=O)N=C(N)N)cc4F)cc3)cc2)c(F)c1)C(=O)N=C(N)N. The van der Waals surface area contributed by atoms with E-state index in [0.717, 1.165) is 72.8 Å². The number of carbonyl (C=O) groups is 2. The highest BCUT2D eigenvalue weighted by Crippen LogP contribution is 2.32. The number of carbonyl (C=O) groups excluding carboxylic acids is 2. The molecule has 0 heterocycles. The zero-order valence-electron chi connectivity index (χ0n) is 30.5. The summed E-state index contributed by atoms with van der Waals surface area (Å²) in [7, 11) is -8.11. The predicted molar refractivity (Wildman–Crippen MR) is 207 cm³/mol. The molecule has 0 saturated heterocycles. The van der Waals surface area contributed by atoms with Gasteiger partial charge in [-0.1, -0.05) is 0 Å². The standard InChI is InChI=1S/C37H35F4N7O8S2/c1-20(34(49)47-36(42)43)14-22-16-28(38)32(29(39)17-22)55-24-4-8-26(9-5-24)57(51,52)13-3-12-46-58(53,54)27-10-6-25(7-11-27)56-33-30(40)18-23(19-31(33)41)15-21(2)35(50)48-37(44)45/h4-11,14-19,46H,3,12-13H2,1-2H3,(H4,42,43,47,49)(H4,44,45,48,50)/b20-14+,21-15+. The number of nitrogens with two attached hydrogens (primary N) is 4. The van der Waals surface area contributed by atoms with Gasteiger partial charge in [0.05, 0.1) is 15.5 Å². The van der Waals surface area contributed by atoms with Crippen LogP contribution < -0.4 is 37.1 Å². The number of aliphatic imine (C=N–C) groups is 2. The zero-order chi connectivity index (χ0) is 42.9. The Morgan fingerprint density at radius 2 is 1.00 bits per heavy atom. The van der Waals surface area contributed by atoms with Crippen molar-refractivity contribution in [2.45, 2.75) is 30.1 Å². The number of benzene rings is 4. The molecule has 0 atom stereocenters. The average molecular weight is 846 g/mol. The van der Waals surface area contributed by atoms with E-state index < -0.39 is 84.1 Å². The Kier molecular flexibility index (Phi) is 14.1. The van der Waals surface area contributed by atoms with E-state index in [0.29, 0.717) is 0 Å². The molecule has 0 aromatic heterocycles. The quantitative estimate of drug-likeness (QED) is 0.0367. The summed E-state index contributed by atoms with van der Waals surface area (Å²) in [4.78, 5) is 30.0. The van der Waals surface area contributed by atoms with Crippen LogP contribution in [-0.4, -0.2) is 52.9 Å². The monoisotopic (exact) mass is 845 g/mol. The summed E-state index contributed by atoms with van der Waals surface area (Å²) in [6, 6.07) is 12.7. The molecule has 0 radical (unpaired) electrons. The van der Waals surface area contributed by atoms with Gasteiger partial charge in [0.2, 0.25) is 10.0 Å². The number of sulfone groups is 1. The normalized spacial score (nSPS) is 12.1. The summed E-state index contributed by atoms with van der Waals surface area (Å²) in [5.41, 5.74) is 20.6. The number of ether oxygens (including phenoxy) is 2. The molecule has 9 N–H and O–H groups in total. The molecule has 0 aliphatic heterocycles. The molecule has 58 heavy (non-hydrogen) atoms.